The molecule has 0 fully saturated rings. The molecule has 0 aliphatic carbocycles. The van der Waals surface area contributed by atoms with Crippen LogP contribution in [-0.4, -0.2) is 129 Å². The van der Waals surface area contributed by atoms with Crippen molar-refractivity contribution in [1.29, 1.82) is 0 Å². The number of primary amides is 1. The van der Waals surface area contributed by atoms with Crippen LogP contribution in [0.4, 0.5) is 0 Å². The van der Waals surface area contributed by atoms with Gasteiger partial charge in [-0.15, -0.1) is 0 Å². The molecule has 0 saturated carbocycles. The van der Waals surface area contributed by atoms with Gasteiger partial charge in [0, 0.05) is 25.8 Å². The second-order valence-electron chi connectivity index (χ2n) is 13.6. The number of rotatable bonds is 28. The summed E-state index contributed by atoms with van der Waals surface area (Å²) in [6.07, 6.45) is -2.78. The van der Waals surface area contributed by atoms with Gasteiger partial charge in [0.1, 0.15) is 36.3 Å². The first-order valence-corrected chi connectivity index (χ1v) is 18.0. The van der Waals surface area contributed by atoms with E-state index in [4.69, 9.17) is 28.0 Å². The van der Waals surface area contributed by atoms with Crippen molar-refractivity contribution in [3.63, 3.8) is 0 Å². The molecule has 0 radical (unpaired) electrons. The van der Waals surface area contributed by atoms with Crippen LogP contribution in [0.1, 0.15) is 85.5 Å². The predicted octanol–water partition coefficient (Wildman–Crippen LogP) is -4.56. The van der Waals surface area contributed by atoms with Crippen LogP contribution in [0.5, 0.6) is 0 Å². The van der Waals surface area contributed by atoms with Crippen molar-refractivity contribution in [2.24, 2.45) is 33.8 Å². The predicted molar refractivity (Wildman–Crippen MR) is 200 cm³/mol. The zero-order valence-corrected chi connectivity index (χ0v) is 32.4. The van der Waals surface area contributed by atoms with Crippen molar-refractivity contribution in [1.82, 2.24) is 31.9 Å². The summed E-state index contributed by atoms with van der Waals surface area (Å²) in [6.45, 7) is 5.97. The summed E-state index contributed by atoms with van der Waals surface area (Å²) in [7, 11) is 0. The summed E-state index contributed by atoms with van der Waals surface area (Å²) < 4.78 is 0. The second kappa shape index (κ2) is 25.9. The Kier molecular flexibility index (Phi) is 23.1. The number of nitrogens with two attached hydrogens (primary N) is 4. The van der Waals surface area contributed by atoms with Gasteiger partial charge in [-0.3, -0.25) is 48.1 Å². The first-order valence-electron chi connectivity index (χ1n) is 18.0. The molecule has 0 aromatic heterocycles. The van der Waals surface area contributed by atoms with E-state index in [1.54, 1.807) is 13.8 Å². The molecule has 0 saturated heterocycles. The van der Waals surface area contributed by atoms with Crippen LogP contribution in [0.3, 0.4) is 0 Å². The van der Waals surface area contributed by atoms with Crippen molar-refractivity contribution in [2.75, 3.05) is 6.54 Å². The Labute approximate surface area is 328 Å². The monoisotopic (exact) mass is 815 g/mol. The first-order chi connectivity index (χ1) is 26.4. The zero-order chi connectivity index (χ0) is 44.0. The van der Waals surface area contributed by atoms with Gasteiger partial charge in [0.2, 0.25) is 41.4 Å². The maximum atomic E-state index is 13.6. The minimum absolute atomic E-state index is 0.0544. The number of carboxylic acids is 3. The molecule has 0 heterocycles. The molecule has 0 aliphatic heterocycles. The Morgan fingerprint density at radius 1 is 0.526 bits per heavy atom. The van der Waals surface area contributed by atoms with Crippen LogP contribution < -0.4 is 54.8 Å². The van der Waals surface area contributed by atoms with Crippen LogP contribution in [0.15, 0.2) is 4.99 Å². The largest absolute Gasteiger partial charge is 0.481 e. The molecule has 0 spiro atoms. The fourth-order valence-electron chi connectivity index (χ4n) is 4.89. The summed E-state index contributed by atoms with van der Waals surface area (Å²) in [5.41, 5.74) is 21.3. The van der Waals surface area contributed by atoms with Gasteiger partial charge in [-0.25, -0.2) is 4.79 Å². The van der Waals surface area contributed by atoms with E-state index in [9.17, 15) is 58.2 Å². The summed E-state index contributed by atoms with van der Waals surface area (Å²) >= 11 is 0. The lowest BCUT2D eigenvalue weighted by atomic mass is 10.0. The molecule has 17 N–H and O–H groups in total. The number of hydrogen-bond acceptors (Lipinski definition) is 12. The smallest absolute Gasteiger partial charge is 0.326 e. The number of guanidine groups is 1. The maximum absolute atomic E-state index is 13.6. The van der Waals surface area contributed by atoms with Gasteiger partial charge in [-0.05, 0) is 58.3 Å². The van der Waals surface area contributed by atoms with E-state index in [1.165, 1.54) is 13.8 Å². The SMILES string of the molecule is CC(C)C[C@H](NC(=O)[C@H](CCC(=O)O)NC(=O)[C@H](C)NC(=O)[C@H](CCC(=O)O)NC(=O)[C@H](C)N)C(=O)N[C@@H](CCC(N)=O)C(=O)N[C@@H](CCCN=C(N)N)C(=O)O. The van der Waals surface area contributed by atoms with E-state index in [-0.39, 0.29) is 50.5 Å². The number of nitrogens with one attached hydrogen (secondary N) is 6. The molecule has 0 aliphatic rings. The number of carboxylic acid groups (broad SMARTS) is 3. The highest BCUT2D eigenvalue weighted by molar-refractivity contribution is 5.97. The van der Waals surface area contributed by atoms with E-state index >= 15 is 0 Å². The summed E-state index contributed by atoms with van der Waals surface area (Å²) in [5.74, 6) is -11.1. The molecule has 0 bridgehead atoms. The molecule has 57 heavy (non-hydrogen) atoms. The molecular weight excluding hydrogens is 758 g/mol. The number of nitrogens with zero attached hydrogens (tertiary/aromatic N) is 1. The molecule has 0 aromatic rings. The van der Waals surface area contributed by atoms with Gasteiger partial charge in [0.25, 0.3) is 0 Å². The quantitative estimate of drug-likeness (QED) is 0.0201. The Morgan fingerprint density at radius 2 is 0.930 bits per heavy atom. The van der Waals surface area contributed by atoms with Gasteiger partial charge >= 0.3 is 17.9 Å². The van der Waals surface area contributed by atoms with Gasteiger partial charge in [-0.2, -0.15) is 0 Å². The van der Waals surface area contributed by atoms with Crippen molar-refractivity contribution in [3.8, 4) is 0 Å². The van der Waals surface area contributed by atoms with Gasteiger partial charge < -0.3 is 70.2 Å². The lowest BCUT2D eigenvalue weighted by Crippen LogP contribution is -2.59. The minimum atomic E-state index is -1.60. The van der Waals surface area contributed by atoms with E-state index < -0.39 is 127 Å². The third kappa shape index (κ3) is 22.2. The first kappa shape index (κ1) is 50.9. The summed E-state index contributed by atoms with van der Waals surface area (Å²) in [5, 5.41) is 42.0. The molecule has 7 atom stereocenters. The highest BCUT2D eigenvalue weighted by Crippen LogP contribution is 2.10. The number of aliphatic imine (C=N–C) groups is 1. The lowest BCUT2D eigenvalue weighted by molar-refractivity contribution is -0.143. The third-order valence-corrected chi connectivity index (χ3v) is 7.94. The van der Waals surface area contributed by atoms with Gasteiger partial charge in [0.05, 0.1) is 6.04 Å². The average molecular weight is 816 g/mol. The van der Waals surface area contributed by atoms with E-state index in [1.807, 2.05) is 0 Å². The molecule has 322 valence electrons. The molecule has 0 aromatic carbocycles. The normalized spacial score (nSPS) is 14.5. The number of carbonyl (C=O) groups excluding carboxylic acids is 7. The second-order valence-corrected chi connectivity index (χ2v) is 13.6. The van der Waals surface area contributed by atoms with Crippen molar-refractivity contribution < 1.29 is 63.3 Å². The molecule has 7 amide bonds. The van der Waals surface area contributed by atoms with E-state index in [0.717, 1.165) is 0 Å². The Bertz CT molecular complexity index is 1480. The fraction of sp³-hybridized carbons (Fsp3) is 0.667. The van der Waals surface area contributed by atoms with E-state index in [2.05, 4.69) is 36.9 Å². The fourth-order valence-corrected chi connectivity index (χ4v) is 4.89. The number of carbonyl (C=O) groups is 10. The van der Waals surface area contributed by atoms with Crippen LogP contribution in [-0.2, 0) is 47.9 Å². The molecule has 24 nitrogen and oxygen atoms in total. The summed E-state index contributed by atoms with van der Waals surface area (Å²) in [6, 6.07) is -9.85. The standard InChI is InChI=1S/C33H57N11O13/c1-15(2)14-22(31(55)42-18(7-10-23(35)45)29(53)43-21(32(56)57)6-5-13-38-33(36)37)44-30(54)20(9-12-25(48)49)41-27(51)17(4)39-28(52)19(8-11-24(46)47)40-26(50)16(3)34/h15-22H,5-14,34H2,1-4H3,(H2,35,45)(H,39,52)(H,40,50)(H,41,51)(H,42,55)(H,43,53)(H,44,54)(H,46,47)(H,48,49)(H,56,57)(H4,36,37,38)/t16-,17-,18-,19-,20-,21-,22-/m0/s1. The molecule has 0 unspecified atom stereocenters. The Balaban J connectivity index is 6.17. The molecule has 0 rings (SSSR count). The van der Waals surface area contributed by atoms with Crippen molar-refractivity contribution >= 4 is 65.2 Å². The van der Waals surface area contributed by atoms with Gasteiger partial charge in [0.15, 0.2) is 5.96 Å². The van der Waals surface area contributed by atoms with Gasteiger partial charge in [-0.1, -0.05) is 13.8 Å². The summed E-state index contributed by atoms with van der Waals surface area (Å²) in [4.78, 5) is 128. The van der Waals surface area contributed by atoms with Crippen LogP contribution in [0.25, 0.3) is 0 Å². The number of aliphatic carboxylic acids is 3. The average Bonchev–Trinajstić information content (AvgIpc) is 3.09. The van der Waals surface area contributed by atoms with Crippen molar-refractivity contribution in [3.05, 3.63) is 0 Å². The molecule has 24 heteroatoms. The van der Waals surface area contributed by atoms with Crippen LogP contribution in [0, 0.1) is 5.92 Å². The van der Waals surface area contributed by atoms with Crippen LogP contribution in [0.2, 0.25) is 0 Å². The Morgan fingerprint density at radius 3 is 1.35 bits per heavy atom. The van der Waals surface area contributed by atoms with E-state index in [0.29, 0.717) is 0 Å². The number of amides is 7. The Hall–Kier alpha value is -6.07. The third-order valence-electron chi connectivity index (χ3n) is 7.94. The highest BCUT2D eigenvalue weighted by Gasteiger charge is 2.33. The minimum Gasteiger partial charge on any atom is -0.481 e. The lowest BCUT2D eigenvalue weighted by Gasteiger charge is -2.27. The zero-order valence-electron chi connectivity index (χ0n) is 32.4. The topological polar surface area (TPSA) is 420 Å². The number of hydrogen-bond donors (Lipinski definition) is 13. The van der Waals surface area contributed by atoms with Crippen LogP contribution >= 0.6 is 0 Å². The molecular formula is C33H57N11O13. The van der Waals surface area contributed by atoms with Crippen molar-refractivity contribution in [2.45, 2.75) is 128 Å². The highest BCUT2D eigenvalue weighted by atomic mass is 16.4. The maximum Gasteiger partial charge on any atom is 0.326 e.